The monoisotopic (exact) mass is 261 g/mol. The Kier molecular flexibility index (Phi) is 3.84. The number of thiophene rings is 1. The van der Waals surface area contributed by atoms with Crippen LogP contribution in [0.4, 0.5) is 11.4 Å². The molecule has 0 fully saturated rings. The molecule has 4 nitrogen and oxygen atoms in total. The Morgan fingerprint density at radius 2 is 2.17 bits per heavy atom. The zero-order chi connectivity index (χ0) is 13.0. The Morgan fingerprint density at radius 1 is 1.33 bits per heavy atom. The molecule has 0 unspecified atom stereocenters. The van der Waals surface area contributed by atoms with Crippen molar-refractivity contribution in [3.63, 3.8) is 0 Å². The van der Waals surface area contributed by atoms with E-state index in [1.807, 2.05) is 6.07 Å². The maximum atomic E-state index is 11.2. The minimum atomic E-state index is -0.506. The van der Waals surface area contributed by atoms with Crippen LogP contribution >= 0.6 is 11.3 Å². The summed E-state index contributed by atoms with van der Waals surface area (Å²) in [5.74, 6) is -0.506. The fourth-order valence-corrected chi connectivity index (χ4v) is 2.41. The fourth-order valence-electron chi connectivity index (χ4n) is 1.71. The van der Waals surface area contributed by atoms with Crippen molar-refractivity contribution >= 4 is 28.6 Å². The zero-order valence-corrected chi connectivity index (χ0v) is 10.7. The van der Waals surface area contributed by atoms with Crippen molar-refractivity contribution in [3.8, 4) is 0 Å². The highest BCUT2D eigenvalue weighted by molar-refractivity contribution is 7.07. The van der Waals surface area contributed by atoms with Crippen LogP contribution in [0.25, 0.3) is 0 Å². The van der Waals surface area contributed by atoms with Gasteiger partial charge in [-0.1, -0.05) is 6.07 Å². The first kappa shape index (κ1) is 12.4. The van der Waals surface area contributed by atoms with E-state index in [4.69, 9.17) is 11.5 Å². The molecular formula is C13H15N3OS. The summed E-state index contributed by atoms with van der Waals surface area (Å²) >= 11 is 1.68. The summed E-state index contributed by atoms with van der Waals surface area (Å²) in [5, 5.41) is 7.39. The molecule has 0 bridgehead atoms. The van der Waals surface area contributed by atoms with E-state index in [0.717, 1.165) is 18.7 Å². The third-order valence-electron chi connectivity index (χ3n) is 2.68. The van der Waals surface area contributed by atoms with Gasteiger partial charge in [-0.15, -0.1) is 0 Å². The van der Waals surface area contributed by atoms with E-state index < -0.39 is 5.91 Å². The van der Waals surface area contributed by atoms with Crippen LogP contribution < -0.4 is 16.8 Å². The highest BCUT2D eigenvalue weighted by Crippen LogP contribution is 2.22. The molecule has 0 radical (unpaired) electrons. The molecular weight excluding hydrogens is 246 g/mol. The predicted octanol–water partition coefficient (Wildman–Crippen LogP) is 2.08. The molecule has 1 heterocycles. The summed E-state index contributed by atoms with van der Waals surface area (Å²) in [4.78, 5) is 11.2. The predicted molar refractivity (Wildman–Crippen MR) is 75.9 cm³/mol. The van der Waals surface area contributed by atoms with Crippen LogP contribution in [0.1, 0.15) is 15.9 Å². The van der Waals surface area contributed by atoms with E-state index in [1.165, 1.54) is 5.56 Å². The first-order valence-corrected chi connectivity index (χ1v) is 6.56. The van der Waals surface area contributed by atoms with Gasteiger partial charge in [0, 0.05) is 6.54 Å². The van der Waals surface area contributed by atoms with Crippen molar-refractivity contribution in [2.75, 3.05) is 17.6 Å². The standard InChI is InChI=1S/C13H15N3OS/c14-12-10(13(15)17)2-1-3-11(12)16-6-4-9-5-7-18-8-9/h1-3,5,7-8,16H,4,6,14H2,(H2,15,17). The normalized spacial score (nSPS) is 10.2. The Balaban J connectivity index is 2.01. The summed E-state index contributed by atoms with van der Waals surface area (Å²) in [6.45, 7) is 0.767. The van der Waals surface area contributed by atoms with Crippen molar-refractivity contribution in [3.05, 3.63) is 46.2 Å². The molecule has 0 atom stereocenters. The summed E-state index contributed by atoms with van der Waals surface area (Å²) < 4.78 is 0. The maximum Gasteiger partial charge on any atom is 0.250 e. The number of primary amides is 1. The smallest absolute Gasteiger partial charge is 0.250 e. The Bertz CT molecular complexity index is 537. The summed E-state index contributed by atoms with van der Waals surface area (Å²) in [6, 6.07) is 7.33. The van der Waals surface area contributed by atoms with Crippen LogP contribution in [-0.2, 0) is 6.42 Å². The molecule has 0 aliphatic carbocycles. The molecule has 0 saturated carbocycles. The van der Waals surface area contributed by atoms with E-state index in [2.05, 4.69) is 22.1 Å². The maximum absolute atomic E-state index is 11.2. The molecule has 2 rings (SSSR count). The summed E-state index contributed by atoms with van der Waals surface area (Å²) in [6.07, 6.45) is 0.920. The number of nitrogen functional groups attached to an aromatic ring is 1. The van der Waals surface area contributed by atoms with Gasteiger partial charge in [-0.3, -0.25) is 4.79 Å². The lowest BCUT2D eigenvalue weighted by atomic mass is 10.1. The van der Waals surface area contributed by atoms with Gasteiger partial charge in [0.2, 0.25) is 0 Å². The van der Waals surface area contributed by atoms with Gasteiger partial charge in [0.15, 0.2) is 0 Å². The Labute approximate surface area is 110 Å². The third-order valence-corrected chi connectivity index (χ3v) is 3.41. The fraction of sp³-hybridized carbons (Fsp3) is 0.154. The summed E-state index contributed by atoms with van der Waals surface area (Å²) in [5.41, 5.74) is 13.9. The highest BCUT2D eigenvalue weighted by atomic mass is 32.1. The average Bonchev–Trinajstić information content (AvgIpc) is 2.84. The van der Waals surface area contributed by atoms with Gasteiger partial charge < -0.3 is 16.8 Å². The topological polar surface area (TPSA) is 81.1 Å². The lowest BCUT2D eigenvalue weighted by Crippen LogP contribution is -2.15. The van der Waals surface area contributed by atoms with Gasteiger partial charge in [0.25, 0.3) is 5.91 Å². The molecule has 94 valence electrons. The molecule has 2 aromatic rings. The van der Waals surface area contributed by atoms with Crippen LogP contribution in [0.2, 0.25) is 0 Å². The van der Waals surface area contributed by atoms with Crippen molar-refractivity contribution in [1.82, 2.24) is 0 Å². The number of amides is 1. The number of hydrogen-bond donors (Lipinski definition) is 3. The van der Waals surface area contributed by atoms with E-state index in [-0.39, 0.29) is 0 Å². The van der Waals surface area contributed by atoms with Crippen molar-refractivity contribution in [2.24, 2.45) is 5.73 Å². The number of carbonyl (C=O) groups excluding carboxylic acids is 1. The molecule has 18 heavy (non-hydrogen) atoms. The third kappa shape index (κ3) is 2.81. The van der Waals surface area contributed by atoms with Gasteiger partial charge >= 0.3 is 0 Å². The van der Waals surface area contributed by atoms with E-state index in [0.29, 0.717) is 11.3 Å². The van der Waals surface area contributed by atoms with Crippen molar-refractivity contribution < 1.29 is 4.79 Å². The number of anilines is 2. The molecule has 0 aliphatic heterocycles. The van der Waals surface area contributed by atoms with Gasteiger partial charge in [-0.2, -0.15) is 11.3 Å². The van der Waals surface area contributed by atoms with Crippen LogP contribution in [0.15, 0.2) is 35.0 Å². The molecule has 1 aromatic carbocycles. The molecule has 5 N–H and O–H groups in total. The van der Waals surface area contributed by atoms with E-state index >= 15 is 0 Å². The minimum Gasteiger partial charge on any atom is -0.396 e. The second kappa shape index (κ2) is 5.55. The quantitative estimate of drug-likeness (QED) is 0.721. The van der Waals surface area contributed by atoms with Gasteiger partial charge in [-0.25, -0.2) is 0 Å². The molecule has 0 saturated heterocycles. The molecule has 1 amide bonds. The van der Waals surface area contributed by atoms with Gasteiger partial charge in [0.1, 0.15) is 0 Å². The van der Waals surface area contributed by atoms with Crippen molar-refractivity contribution in [2.45, 2.75) is 6.42 Å². The highest BCUT2D eigenvalue weighted by Gasteiger charge is 2.08. The number of nitrogens with one attached hydrogen (secondary N) is 1. The number of nitrogens with two attached hydrogens (primary N) is 2. The lowest BCUT2D eigenvalue weighted by Gasteiger charge is -2.11. The molecule has 0 spiro atoms. The molecule has 5 heteroatoms. The van der Waals surface area contributed by atoms with Crippen LogP contribution in [0.3, 0.4) is 0 Å². The second-order valence-corrected chi connectivity index (χ2v) is 4.72. The van der Waals surface area contributed by atoms with Gasteiger partial charge in [0.05, 0.1) is 16.9 Å². The number of para-hydroxylation sites is 1. The molecule has 1 aromatic heterocycles. The largest absolute Gasteiger partial charge is 0.396 e. The van der Waals surface area contributed by atoms with E-state index in [9.17, 15) is 4.79 Å². The van der Waals surface area contributed by atoms with Crippen molar-refractivity contribution in [1.29, 1.82) is 0 Å². The number of hydrogen-bond acceptors (Lipinski definition) is 4. The first-order chi connectivity index (χ1) is 8.68. The minimum absolute atomic E-state index is 0.357. The molecule has 0 aliphatic rings. The zero-order valence-electron chi connectivity index (χ0n) is 9.85. The average molecular weight is 261 g/mol. The SMILES string of the molecule is NC(=O)c1cccc(NCCc2ccsc2)c1N. The Morgan fingerprint density at radius 3 is 2.83 bits per heavy atom. The Hall–Kier alpha value is -2.01. The number of benzene rings is 1. The number of rotatable bonds is 5. The van der Waals surface area contributed by atoms with E-state index in [1.54, 1.807) is 23.5 Å². The lowest BCUT2D eigenvalue weighted by molar-refractivity contribution is 0.100. The number of carbonyl (C=O) groups is 1. The van der Waals surface area contributed by atoms with Crippen LogP contribution in [-0.4, -0.2) is 12.5 Å². The summed E-state index contributed by atoms with van der Waals surface area (Å²) in [7, 11) is 0. The van der Waals surface area contributed by atoms with Gasteiger partial charge in [-0.05, 0) is 40.9 Å². The van der Waals surface area contributed by atoms with Crippen LogP contribution in [0.5, 0.6) is 0 Å². The van der Waals surface area contributed by atoms with Crippen LogP contribution in [0, 0.1) is 0 Å². The first-order valence-electron chi connectivity index (χ1n) is 5.61. The second-order valence-electron chi connectivity index (χ2n) is 3.94.